The SMILES string of the molecule is O=C(N(C1CCCCC1)C1CCCCC1)[C@@](F)(OC(F)(F)[C@@](F)(OC(F)(F)C(F)(F)C(F)(F)F)C(F)(F)F)C(F)(F)F. The standard InChI is InChI=1S/C21H22F17NO3/c22-14(17(26,27)28,13(40)39(11-7-3-1-4-8-11)12-9-5-2-6-10-12)41-21(37,38)16(25,19(32,33)34)42-20(35,36)15(23,24)18(29,30)31/h11-12H,1-10H2/t14-,16+/m1/s1. The van der Waals surface area contributed by atoms with Crippen LogP contribution in [0, 0.1) is 0 Å². The fraction of sp³-hybridized carbons (Fsp3) is 0.952. The lowest BCUT2D eigenvalue weighted by Crippen LogP contribution is -2.69. The molecule has 21 heteroatoms. The highest BCUT2D eigenvalue weighted by atomic mass is 19.4. The van der Waals surface area contributed by atoms with Crippen molar-refractivity contribution in [3.63, 3.8) is 0 Å². The molecule has 0 heterocycles. The van der Waals surface area contributed by atoms with Crippen molar-refractivity contribution >= 4 is 5.91 Å². The lowest BCUT2D eigenvalue weighted by Gasteiger charge is -2.45. The Hall–Kier alpha value is -1.80. The second kappa shape index (κ2) is 11.6. The zero-order valence-corrected chi connectivity index (χ0v) is 20.8. The number of amides is 1. The van der Waals surface area contributed by atoms with Crippen molar-refractivity contribution in [2.45, 2.75) is 125 Å². The molecule has 0 bridgehead atoms. The molecule has 0 aliphatic heterocycles. The maximum Gasteiger partial charge on any atom is 0.462 e. The molecule has 0 aromatic heterocycles. The molecule has 2 fully saturated rings. The van der Waals surface area contributed by atoms with Crippen LogP contribution in [0.25, 0.3) is 0 Å². The van der Waals surface area contributed by atoms with Gasteiger partial charge in [-0.05, 0) is 25.7 Å². The molecule has 4 nitrogen and oxygen atoms in total. The van der Waals surface area contributed by atoms with Gasteiger partial charge in [-0.15, -0.1) is 0 Å². The number of ether oxygens (including phenoxy) is 2. The second-order valence-corrected chi connectivity index (χ2v) is 9.79. The summed E-state index contributed by atoms with van der Waals surface area (Å²) >= 11 is 0. The Kier molecular flexibility index (Phi) is 10.1. The number of alkyl halides is 17. The van der Waals surface area contributed by atoms with Gasteiger partial charge in [0, 0.05) is 12.1 Å². The van der Waals surface area contributed by atoms with Gasteiger partial charge in [0.1, 0.15) is 0 Å². The summed E-state index contributed by atoms with van der Waals surface area (Å²) in [6.07, 6.45) is -37.2. The Bertz CT molecular complexity index is 920. The van der Waals surface area contributed by atoms with E-state index in [9.17, 15) is 75.0 Å². The zero-order valence-electron chi connectivity index (χ0n) is 20.8. The minimum atomic E-state index is -8.01. The van der Waals surface area contributed by atoms with E-state index in [2.05, 4.69) is 4.74 Å². The minimum absolute atomic E-state index is 0.0999. The van der Waals surface area contributed by atoms with Crippen molar-refractivity contribution in [2.24, 2.45) is 0 Å². The first-order valence-electron chi connectivity index (χ1n) is 12.1. The summed E-state index contributed by atoms with van der Waals surface area (Å²) in [6, 6.07) is -2.65. The Labute approximate surface area is 225 Å². The van der Waals surface area contributed by atoms with Gasteiger partial charge in [0.25, 0.3) is 5.91 Å². The second-order valence-electron chi connectivity index (χ2n) is 9.79. The molecule has 2 aliphatic rings. The third-order valence-electron chi connectivity index (χ3n) is 6.81. The van der Waals surface area contributed by atoms with Crippen LogP contribution >= 0.6 is 0 Å². The fourth-order valence-electron chi connectivity index (χ4n) is 4.67. The number of nitrogens with zero attached hydrogens (tertiary/aromatic N) is 1. The van der Waals surface area contributed by atoms with Gasteiger partial charge < -0.3 is 4.90 Å². The molecule has 0 N–H and O–H groups in total. The van der Waals surface area contributed by atoms with Crippen molar-refractivity contribution in [1.29, 1.82) is 0 Å². The molecule has 1 amide bonds. The van der Waals surface area contributed by atoms with Gasteiger partial charge in [-0.2, -0.15) is 74.6 Å². The van der Waals surface area contributed by atoms with E-state index in [0.29, 0.717) is 12.8 Å². The summed E-state index contributed by atoms with van der Waals surface area (Å²) in [5.41, 5.74) is 0. The smallest absolute Gasteiger partial charge is 0.331 e. The van der Waals surface area contributed by atoms with Gasteiger partial charge >= 0.3 is 48.4 Å². The first kappa shape index (κ1) is 36.4. The summed E-state index contributed by atoms with van der Waals surface area (Å²) in [5, 5.41) is 0. The topological polar surface area (TPSA) is 38.8 Å². The Morgan fingerprint density at radius 1 is 0.500 bits per heavy atom. The number of rotatable bonds is 9. The van der Waals surface area contributed by atoms with Crippen molar-refractivity contribution in [1.82, 2.24) is 4.90 Å². The predicted octanol–water partition coefficient (Wildman–Crippen LogP) is 8.35. The van der Waals surface area contributed by atoms with Gasteiger partial charge in [0.05, 0.1) is 0 Å². The summed E-state index contributed by atoms with van der Waals surface area (Å²) in [6.45, 7) is 0. The van der Waals surface area contributed by atoms with E-state index in [4.69, 9.17) is 0 Å². The van der Waals surface area contributed by atoms with Crippen LogP contribution in [0.1, 0.15) is 64.2 Å². The molecule has 2 aliphatic carbocycles. The van der Waals surface area contributed by atoms with Crippen molar-refractivity contribution in [3.8, 4) is 0 Å². The van der Waals surface area contributed by atoms with Crippen LogP contribution in [0.3, 0.4) is 0 Å². The van der Waals surface area contributed by atoms with Crippen LogP contribution in [0.5, 0.6) is 0 Å². The van der Waals surface area contributed by atoms with Gasteiger partial charge in [-0.1, -0.05) is 38.5 Å². The molecule has 0 unspecified atom stereocenters. The number of hydrogen-bond donors (Lipinski definition) is 0. The lowest BCUT2D eigenvalue weighted by molar-refractivity contribution is -0.548. The Morgan fingerprint density at radius 2 is 0.881 bits per heavy atom. The first-order chi connectivity index (χ1) is 18.7. The molecule has 248 valence electrons. The summed E-state index contributed by atoms with van der Waals surface area (Å²) in [7, 11) is 0. The largest absolute Gasteiger partial charge is 0.462 e. The maximum atomic E-state index is 15.4. The average molecular weight is 659 g/mol. The zero-order chi connectivity index (χ0) is 32.8. The van der Waals surface area contributed by atoms with Crippen LogP contribution in [-0.2, 0) is 14.3 Å². The maximum absolute atomic E-state index is 15.4. The van der Waals surface area contributed by atoms with Crippen LogP contribution in [0.2, 0.25) is 0 Å². The molecule has 0 aromatic rings. The third kappa shape index (κ3) is 6.64. The molecular weight excluding hydrogens is 637 g/mol. The van der Waals surface area contributed by atoms with Gasteiger partial charge in [-0.25, -0.2) is 0 Å². The lowest BCUT2D eigenvalue weighted by atomic mass is 9.88. The highest BCUT2D eigenvalue weighted by Gasteiger charge is 2.85. The summed E-state index contributed by atoms with van der Waals surface area (Å²) < 4.78 is 234. The fourth-order valence-corrected chi connectivity index (χ4v) is 4.67. The number of halogens is 17. The normalized spacial score (nSPS) is 22.4. The molecular formula is C21H22F17NO3. The minimum Gasteiger partial charge on any atom is -0.331 e. The van der Waals surface area contributed by atoms with Gasteiger partial charge in [-0.3, -0.25) is 14.3 Å². The third-order valence-corrected chi connectivity index (χ3v) is 6.81. The van der Waals surface area contributed by atoms with E-state index >= 15 is 4.39 Å². The van der Waals surface area contributed by atoms with E-state index in [0.717, 1.165) is 0 Å². The van der Waals surface area contributed by atoms with Crippen molar-refractivity contribution in [3.05, 3.63) is 0 Å². The van der Waals surface area contributed by atoms with E-state index in [1.54, 1.807) is 4.74 Å². The molecule has 0 spiro atoms. The average Bonchev–Trinajstić information content (AvgIpc) is 2.82. The van der Waals surface area contributed by atoms with E-state index in [-0.39, 0.29) is 56.3 Å². The number of carbonyl (C=O) groups is 1. The predicted molar refractivity (Wildman–Crippen MR) is 103 cm³/mol. The number of carbonyl (C=O) groups excluding carboxylic acids is 1. The quantitative estimate of drug-likeness (QED) is 0.234. The van der Waals surface area contributed by atoms with E-state index in [1.807, 2.05) is 0 Å². The van der Waals surface area contributed by atoms with Crippen LogP contribution in [0.15, 0.2) is 0 Å². The highest BCUT2D eigenvalue weighted by Crippen LogP contribution is 2.57. The van der Waals surface area contributed by atoms with Gasteiger partial charge in [0.15, 0.2) is 0 Å². The Morgan fingerprint density at radius 3 is 1.19 bits per heavy atom. The summed E-state index contributed by atoms with van der Waals surface area (Å²) in [5.74, 6) is -25.7. The van der Waals surface area contributed by atoms with Crippen LogP contribution in [0.4, 0.5) is 74.6 Å². The molecule has 2 saturated carbocycles. The Balaban J connectivity index is 2.64. The van der Waals surface area contributed by atoms with Crippen molar-refractivity contribution in [2.75, 3.05) is 0 Å². The first-order valence-corrected chi connectivity index (χ1v) is 12.1. The monoisotopic (exact) mass is 659 g/mol. The van der Waals surface area contributed by atoms with Crippen molar-refractivity contribution < 1.29 is 88.9 Å². The van der Waals surface area contributed by atoms with E-state index in [1.165, 1.54) is 0 Å². The van der Waals surface area contributed by atoms with Crippen LogP contribution < -0.4 is 0 Å². The van der Waals surface area contributed by atoms with Crippen LogP contribution in [-0.4, -0.2) is 71.3 Å². The number of hydrogen-bond acceptors (Lipinski definition) is 3. The van der Waals surface area contributed by atoms with Gasteiger partial charge in [0.2, 0.25) is 0 Å². The molecule has 0 aromatic carbocycles. The molecule has 0 radical (unpaired) electrons. The molecule has 2 atom stereocenters. The van der Waals surface area contributed by atoms with E-state index < -0.39 is 66.4 Å². The molecule has 0 saturated heterocycles. The summed E-state index contributed by atoms with van der Waals surface area (Å²) in [4.78, 5) is 13.1. The molecule has 42 heavy (non-hydrogen) atoms. The molecule has 2 rings (SSSR count). The highest BCUT2D eigenvalue weighted by molar-refractivity contribution is 5.85.